The molecule has 0 heterocycles. The Labute approximate surface area is 128 Å². The van der Waals surface area contributed by atoms with Crippen LogP contribution in [0.15, 0.2) is 53.4 Å². The van der Waals surface area contributed by atoms with Crippen molar-refractivity contribution < 1.29 is 13.3 Å². The highest BCUT2D eigenvalue weighted by molar-refractivity contribution is 7.92. The van der Waals surface area contributed by atoms with Crippen LogP contribution in [0.4, 0.5) is 11.4 Å². The van der Waals surface area contributed by atoms with Crippen LogP contribution in [0.25, 0.3) is 0 Å². The number of nitrogens with zero attached hydrogens (tertiary/aromatic N) is 1. The van der Waals surface area contributed by atoms with Crippen molar-refractivity contribution in [1.29, 1.82) is 0 Å². The molecule has 2 N–H and O–H groups in total. The van der Waals surface area contributed by atoms with Crippen LogP contribution < -0.4 is 10.0 Å². The lowest BCUT2D eigenvalue weighted by molar-refractivity contribution is -0.387. The maximum Gasteiger partial charge on any atom is 0.289 e. The van der Waals surface area contributed by atoms with Crippen LogP contribution in [0, 0.1) is 10.1 Å². The molecule has 0 atom stereocenters. The maximum absolute atomic E-state index is 12.4. The molecule has 0 radical (unpaired) electrons. The van der Waals surface area contributed by atoms with Gasteiger partial charge in [-0.3, -0.25) is 14.8 Å². The molecule has 0 spiro atoms. The molecule has 0 aliphatic rings. The molecule has 0 saturated heterocycles. The summed E-state index contributed by atoms with van der Waals surface area (Å²) in [7, 11) is -2.25. The van der Waals surface area contributed by atoms with Crippen LogP contribution in [0.3, 0.4) is 0 Å². The predicted molar refractivity (Wildman–Crippen MR) is 83.1 cm³/mol. The molecular formula is C14H15N3O4S. The zero-order chi connectivity index (χ0) is 16.2. The van der Waals surface area contributed by atoms with E-state index in [1.54, 1.807) is 25.2 Å². The first-order valence-corrected chi connectivity index (χ1v) is 7.92. The van der Waals surface area contributed by atoms with E-state index < -0.39 is 20.6 Å². The summed E-state index contributed by atoms with van der Waals surface area (Å²) in [5.74, 6) is 0. The molecule has 0 amide bonds. The summed E-state index contributed by atoms with van der Waals surface area (Å²) in [5.41, 5.74) is 0.789. The fraction of sp³-hybridized carbons (Fsp3) is 0.143. The van der Waals surface area contributed by atoms with Gasteiger partial charge in [0.15, 0.2) is 4.90 Å². The molecule has 0 aliphatic carbocycles. The second-order valence-electron chi connectivity index (χ2n) is 4.56. The Kier molecular flexibility index (Phi) is 4.74. The number of nitro benzene ring substituents is 1. The fourth-order valence-electron chi connectivity index (χ4n) is 1.99. The van der Waals surface area contributed by atoms with Crippen molar-refractivity contribution in [3.05, 3.63) is 64.2 Å². The van der Waals surface area contributed by atoms with Crippen molar-refractivity contribution >= 4 is 21.4 Å². The SMILES string of the molecule is CNCc1cccc(NS(=O)(=O)c2ccccc2[N+](=O)[O-])c1. The molecule has 0 aliphatic heterocycles. The molecule has 8 heteroatoms. The average Bonchev–Trinajstić information content (AvgIpc) is 2.47. The van der Waals surface area contributed by atoms with Crippen LogP contribution in [-0.4, -0.2) is 20.4 Å². The highest BCUT2D eigenvalue weighted by Gasteiger charge is 2.25. The van der Waals surface area contributed by atoms with Crippen LogP contribution in [-0.2, 0) is 16.6 Å². The second-order valence-corrected chi connectivity index (χ2v) is 6.21. The largest absolute Gasteiger partial charge is 0.316 e. The van der Waals surface area contributed by atoms with Gasteiger partial charge in [0, 0.05) is 18.3 Å². The Morgan fingerprint density at radius 3 is 2.55 bits per heavy atom. The van der Waals surface area contributed by atoms with Crippen molar-refractivity contribution in [2.45, 2.75) is 11.4 Å². The number of sulfonamides is 1. The third-order valence-electron chi connectivity index (χ3n) is 2.91. The first kappa shape index (κ1) is 15.9. The van der Waals surface area contributed by atoms with Gasteiger partial charge in [-0.05, 0) is 30.8 Å². The summed E-state index contributed by atoms with van der Waals surface area (Å²) in [6.07, 6.45) is 0. The lowest BCUT2D eigenvalue weighted by atomic mass is 10.2. The summed E-state index contributed by atoms with van der Waals surface area (Å²) in [6, 6.07) is 12.0. The van der Waals surface area contributed by atoms with Gasteiger partial charge >= 0.3 is 0 Å². The van der Waals surface area contributed by atoms with Gasteiger partial charge < -0.3 is 5.32 Å². The molecule has 116 valence electrons. The van der Waals surface area contributed by atoms with E-state index in [1.807, 2.05) is 6.07 Å². The number of nitrogens with one attached hydrogen (secondary N) is 2. The molecular weight excluding hydrogens is 306 g/mol. The van der Waals surface area contributed by atoms with Crippen LogP contribution in [0.2, 0.25) is 0 Å². The van der Waals surface area contributed by atoms with Crippen LogP contribution in [0.1, 0.15) is 5.56 Å². The quantitative estimate of drug-likeness (QED) is 0.627. The summed E-state index contributed by atoms with van der Waals surface area (Å²) < 4.78 is 27.1. The monoisotopic (exact) mass is 321 g/mol. The summed E-state index contributed by atoms with van der Waals surface area (Å²) >= 11 is 0. The van der Waals surface area contributed by atoms with Gasteiger partial charge in [-0.1, -0.05) is 24.3 Å². The minimum absolute atomic E-state index is 0.353. The molecule has 2 rings (SSSR count). The number of anilines is 1. The minimum Gasteiger partial charge on any atom is -0.316 e. The van der Waals surface area contributed by atoms with E-state index >= 15 is 0 Å². The first-order valence-electron chi connectivity index (χ1n) is 6.44. The molecule has 0 aromatic heterocycles. The van der Waals surface area contributed by atoms with Crippen molar-refractivity contribution in [3.8, 4) is 0 Å². The van der Waals surface area contributed by atoms with Gasteiger partial charge in [0.1, 0.15) is 0 Å². The molecule has 0 fully saturated rings. The number of hydrogen-bond acceptors (Lipinski definition) is 5. The lowest BCUT2D eigenvalue weighted by Crippen LogP contribution is -2.15. The van der Waals surface area contributed by atoms with Crippen LogP contribution >= 0.6 is 0 Å². The zero-order valence-electron chi connectivity index (χ0n) is 11.8. The summed E-state index contributed by atoms with van der Waals surface area (Å²) in [4.78, 5) is 9.89. The normalized spacial score (nSPS) is 11.1. The molecule has 22 heavy (non-hydrogen) atoms. The van der Waals surface area contributed by atoms with E-state index in [0.717, 1.165) is 11.6 Å². The lowest BCUT2D eigenvalue weighted by Gasteiger charge is -2.09. The van der Waals surface area contributed by atoms with Crippen molar-refractivity contribution in [2.75, 3.05) is 11.8 Å². The van der Waals surface area contributed by atoms with Crippen molar-refractivity contribution in [3.63, 3.8) is 0 Å². The van der Waals surface area contributed by atoms with E-state index in [9.17, 15) is 18.5 Å². The number of benzene rings is 2. The molecule has 0 unspecified atom stereocenters. The van der Waals surface area contributed by atoms with Gasteiger partial charge in [-0.2, -0.15) is 0 Å². The van der Waals surface area contributed by atoms with Crippen molar-refractivity contribution in [1.82, 2.24) is 5.32 Å². The van der Waals surface area contributed by atoms with E-state index in [4.69, 9.17) is 0 Å². The van der Waals surface area contributed by atoms with Gasteiger partial charge in [0.2, 0.25) is 0 Å². The number of nitro groups is 1. The van der Waals surface area contributed by atoms with E-state index in [-0.39, 0.29) is 4.90 Å². The maximum atomic E-state index is 12.4. The standard InChI is InChI=1S/C14H15N3O4S/c1-15-10-11-5-4-6-12(9-11)16-22(20,21)14-8-3-2-7-13(14)17(18)19/h2-9,15-16H,10H2,1H3. The van der Waals surface area contributed by atoms with Gasteiger partial charge in [-0.25, -0.2) is 8.42 Å². The fourth-order valence-corrected chi connectivity index (χ4v) is 3.22. The minimum atomic E-state index is -4.03. The Bertz CT molecular complexity index is 790. The zero-order valence-corrected chi connectivity index (χ0v) is 12.6. The smallest absolute Gasteiger partial charge is 0.289 e. The number of rotatable bonds is 6. The summed E-state index contributed by atoms with van der Waals surface area (Å²) in [5, 5.41) is 13.9. The summed E-state index contributed by atoms with van der Waals surface area (Å²) in [6.45, 7) is 0.584. The number of hydrogen-bond donors (Lipinski definition) is 2. The Morgan fingerprint density at radius 2 is 1.86 bits per heavy atom. The van der Waals surface area contributed by atoms with E-state index in [1.165, 1.54) is 18.2 Å². The Balaban J connectivity index is 2.36. The van der Waals surface area contributed by atoms with Crippen molar-refractivity contribution in [2.24, 2.45) is 0 Å². The van der Waals surface area contributed by atoms with Gasteiger partial charge in [0.05, 0.1) is 4.92 Å². The molecule has 7 nitrogen and oxygen atoms in total. The molecule has 2 aromatic carbocycles. The predicted octanol–water partition coefficient (Wildman–Crippen LogP) is 2.11. The molecule has 2 aromatic rings. The number of para-hydroxylation sites is 1. The Morgan fingerprint density at radius 1 is 1.14 bits per heavy atom. The highest BCUT2D eigenvalue weighted by atomic mass is 32.2. The van der Waals surface area contributed by atoms with E-state index in [2.05, 4.69) is 10.0 Å². The second kappa shape index (κ2) is 6.54. The third kappa shape index (κ3) is 3.60. The first-order chi connectivity index (χ1) is 10.4. The van der Waals surface area contributed by atoms with E-state index in [0.29, 0.717) is 12.2 Å². The molecule has 0 bridgehead atoms. The molecule has 0 saturated carbocycles. The van der Waals surface area contributed by atoms with Crippen LogP contribution in [0.5, 0.6) is 0 Å². The van der Waals surface area contributed by atoms with Gasteiger partial charge in [-0.15, -0.1) is 0 Å². The highest BCUT2D eigenvalue weighted by Crippen LogP contribution is 2.25. The van der Waals surface area contributed by atoms with Gasteiger partial charge in [0.25, 0.3) is 15.7 Å². The Hall–Kier alpha value is -2.45. The average molecular weight is 321 g/mol. The third-order valence-corrected chi connectivity index (χ3v) is 4.34. The topological polar surface area (TPSA) is 101 Å².